The molecular weight excluding hydrogens is 398 g/mol. The summed E-state index contributed by atoms with van der Waals surface area (Å²) in [5.41, 5.74) is 0.140. The number of halogens is 1. The first-order valence-electron chi connectivity index (χ1n) is 7.09. The van der Waals surface area contributed by atoms with E-state index in [2.05, 4.69) is 31.4 Å². The molecule has 24 heavy (non-hydrogen) atoms. The minimum absolute atomic E-state index is 0.0295. The van der Waals surface area contributed by atoms with E-state index < -0.39 is 15.7 Å². The largest absolute Gasteiger partial charge is 0.344 e. The molecule has 0 unspecified atom stereocenters. The summed E-state index contributed by atoms with van der Waals surface area (Å²) in [6.07, 6.45) is 1.12. The van der Waals surface area contributed by atoms with E-state index in [4.69, 9.17) is 4.52 Å². The van der Waals surface area contributed by atoms with Gasteiger partial charge in [-0.05, 0) is 17.7 Å². The molecule has 1 aromatic heterocycles. The molecule has 130 valence electrons. The quantitative estimate of drug-likeness (QED) is 0.822. The molecular formula is C15H18BrN3O4S. The normalized spacial score (nSPS) is 12.2. The Labute approximate surface area is 148 Å². The maximum absolute atomic E-state index is 12.1. The van der Waals surface area contributed by atoms with Crippen molar-refractivity contribution in [1.82, 2.24) is 15.5 Å². The maximum Gasteiger partial charge on any atom is 0.315 e. The van der Waals surface area contributed by atoms with Crippen LogP contribution in [-0.2, 0) is 21.8 Å². The highest BCUT2D eigenvalue weighted by molar-refractivity contribution is 9.10. The number of hydrogen-bond acceptors (Lipinski definition) is 6. The number of nitrogens with one attached hydrogen (secondary N) is 1. The summed E-state index contributed by atoms with van der Waals surface area (Å²) in [5, 5.41) is 6.38. The van der Waals surface area contributed by atoms with Crippen LogP contribution >= 0.6 is 15.9 Å². The van der Waals surface area contributed by atoms with Gasteiger partial charge in [0.15, 0.2) is 15.7 Å². The molecule has 0 saturated carbocycles. The first-order valence-corrected chi connectivity index (χ1v) is 9.78. The second-order valence-electron chi connectivity index (χ2n) is 6.38. The molecule has 0 atom stereocenters. The molecule has 2 aromatic rings. The second-order valence-corrected chi connectivity index (χ2v) is 9.28. The zero-order valence-electron chi connectivity index (χ0n) is 13.8. The molecule has 1 aromatic carbocycles. The van der Waals surface area contributed by atoms with Crippen molar-refractivity contribution >= 4 is 31.7 Å². The van der Waals surface area contributed by atoms with E-state index in [-0.39, 0.29) is 22.7 Å². The van der Waals surface area contributed by atoms with Gasteiger partial charge in [-0.2, -0.15) is 4.98 Å². The number of nitrogens with zero attached hydrogens (tertiary/aromatic N) is 2. The molecule has 1 N–H and O–H groups in total. The Bertz CT molecular complexity index is 869. The van der Waals surface area contributed by atoms with Crippen LogP contribution in [0.5, 0.6) is 0 Å². The van der Waals surface area contributed by atoms with Crippen LogP contribution < -0.4 is 5.32 Å². The van der Waals surface area contributed by atoms with Gasteiger partial charge in [0.05, 0.1) is 4.90 Å². The average Bonchev–Trinajstić information content (AvgIpc) is 2.94. The third-order valence-electron chi connectivity index (χ3n) is 3.16. The number of hydrogen-bond donors (Lipinski definition) is 1. The predicted molar refractivity (Wildman–Crippen MR) is 91.4 cm³/mol. The van der Waals surface area contributed by atoms with Crippen molar-refractivity contribution in [1.29, 1.82) is 0 Å². The molecule has 2 rings (SSSR count). The summed E-state index contributed by atoms with van der Waals surface area (Å²) in [4.78, 5) is 16.3. The minimum Gasteiger partial charge on any atom is -0.344 e. The van der Waals surface area contributed by atoms with Crippen molar-refractivity contribution in [2.45, 2.75) is 37.6 Å². The lowest BCUT2D eigenvalue weighted by atomic mass is 9.96. The van der Waals surface area contributed by atoms with Crippen LogP contribution in [0.25, 0.3) is 0 Å². The SMILES string of the molecule is CC(C)(C)c1noc(C(=O)NCc2ccc(Br)cc2S(C)(=O)=O)n1. The lowest BCUT2D eigenvalue weighted by Crippen LogP contribution is -2.24. The molecule has 1 heterocycles. The maximum atomic E-state index is 12.1. The zero-order chi connectivity index (χ0) is 18.1. The van der Waals surface area contributed by atoms with Crippen LogP contribution in [-0.4, -0.2) is 30.7 Å². The lowest BCUT2D eigenvalue weighted by molar-refractivity contribution is 0.0906. The molecule has 0 aliphatic carbocycles. The molecule has 0 aliphatic rings. The van der Waals surface area contributed by atoms with Gasteiger partial charge in [-0.25, -0.2) is 8.42 Å². The second kappa shape index (κ2) is 6.64. The Morgan fingerprint density at radius 1 is 1.33 bits per heavy atom. The number of carbonyl (C=O) groups excluding carboxylic acids is 1. The van der Waals surface area contributed by atoms with E-state index >= 15 is 0 Å². The van der Waals surface area contributed by atoms with Gasteiger partial charge in [-0.3, -0.25) is 4.79 Å². The molecule has 0 bridgehead atoms. The summed E-state index contributed by atoms with van der Waals surface area (Å²) in [6.45, 7) is 5.74. The van der Waals surface area contributed by atoms with Crippen LogP contribution in [0.3, 0.4) is 0 Å². The predicted octanol–water partition coefficient (Wildman–Crippen LogP) is 2.46. The van der Waals surface area contributed by atoms with Gasteiger partial charge in [0, 0.05) is 22.7 Å². The van der Waals surface area contributed by atoms with Crippen molar-refractivity contribution in [3.63, 3.8) is 0 Å². The monoisotopic (exact) mass is 415 g/mol. The molecule has 9 heteroatoms. The van der Waals surface area contributed by atoms with Crippen molar-refractivity contribution in [3.8, 4) is 0 Å². The fourth-order valence-electron chi connectivity index (χ4n) is 1.89. The Kier molecular flexibility index (Phi) is 5.14. The molecule has 0 spiro atoms. The van der Waals surface area contributed by atoms with E-state index in [1.54, 1.807) is 12.1 Å². The topological polar surface area (TPSA) is 102 Å². The Balaban J connectivity index is 2.17. The highest BCUT2D eigenvalue weighted by Crippen LogP contribution is 2.21. The van der Waals surface area contributed by atoms with E-state index in [1.165, 1.54) is 6.07 Å². The van der Waals surface area contributed by atoms with E-state index in [9.17, 15) is 13.2 Å². The summed E-state index contributed by atoms with van der Waals surface area (Å²) in [5.74, 6) is -0.286. The van der Waals surface area contributed by atoms with Crippen molar-refractivity contribution in [2.24, 2.45) is 0 Å². The third kappa shape index (κ3) is 4.41. The van der Waals surface area contributed by atoms with E-state index in [1.807, 2.05) is 20.8 Å². The van der Waals surface area contributed by atoms with Crippen molar-refractivity contribution < 1.29 is 17.7 Å². The van der Waals surface area contributed by atoms with E-state index in [0.29, 0.717) is 15.9 Å². The molecule has 1 amide bonds. The summed E-state index contributed by atoms with van der Waals surface area (Å²) in [6, 6.07) is 4.84. The van der Waals surface area contributed by atoms with Crippen molar-refractivity contribution in [3.05, 3.63) is 40.0 Å². The van der Waals surface area contributed by atoms with Crippen molar-refractivity contribution in [2.75, 3.05) is 6.26 Å². The van der Waals surface area contributed by atoms with Gasteiger partial charge in [-0.1, -0.05) is 47.9 Å². The van der Waals surface area contributed by atoms with Crippen LogP contribution in [0.1, 0.15) is 42.8 Å². The number of carbonyl (C=O) groups is 1. The first kappa shape index (κ1) is 18.6. The van der Waals surface area contributed by atoms with Crippen LogP contribution in [0, 0.1) is 0 Å². The molecule has 0 radical (unpaired) electrons. The van der Waals surface area contributed by atoms with Gasteiger partial charge >= 0.3 is 11.8 Å². The number of aromatic nitrogens is 2. The Hall–Kier alpha value is -1.74. The highest BCUT2D eigenvalue weighted by atomic mass is 79.9. The summed E-state index contributed by atoms with van der Waals surface area (Å²) < 4.78 is 29.3. The standard InChI is InChI=1S/C15H18BrN3O4S/c1-15(2,3)14-18-13(23-19-14)12(20)17-8-9-5-6-10(16)7-11(9)24(4,21)22/h5-7H,8H2,1-4H3,(H,17,20). The van der Waals surface area contributed by atoms with Gasteiger partial charge < -0.3 is 9.84 Å². The Morgan fingerprint density at radius 2 is 2.00 bits per heavy atom. The van der Waals surface area contributed by atoms with Gasteiger partial charge in [-0.15, -0.1) is 0 Å². The molecule has 0 fully saturated rings. The summed E-state index contributed by atoms with van der Waals surface area (Å²) >= 11 is 3.24. The zero-order valence-corrected chi connectivity index (χ0v) is 16.2. The molecule has 0 aliphatic heterocycles. The van der Waals surface area contributed by atoms with Crippen LogP contribution in [0.4, 0.5) is 0 Å². The van der Waals surface area contributed by atoms with Gasteiger partial charge in [0.1, 0.15) is 0 Å². The number of sulfone groups is 1. The lowest BCUT2D eigenvalue weighted by Gasteiger charge is -2.11. The van der Waals surface area contributed by atoms with Crippen LogP contribution in [0.2, 0.25) is 0 Å². The minimum atomic E-state index is -3.42. The molecule has 7 nitrogen and oxygen atoms in total. The smallest absolute Gasteiger partial charge is 0.315 e. The van der Waals surface area contributed by atoms with Gasteiger partial charge in [0.2, 0.25) is 0 Å². The fourth-order valence-corrected chi connectivity index (χ4v) is 3.36. The van der Waals surface area contributed by atoms with Crippen LogP contribution in [0.15, 0.2) is 32.1 Å². The Morgan fingerprint density at radius 3 is 2.54 bits per heavy atom. The van der Waals surface area contributed by atoms with Gasteiger partial charge in [0.25, 0.3) is 0 Å². The fraction of sp³-hybridized carbons (Fsp3) is 0.400. The molecule has 0 saturated heterocycles. The average molecular weight is 416 g/mol. The van der Waals surface area contributed by atoms with E-state index in [0.717, 1.165) is 6.26 Å². The number of amides is 1. The summed E-state index contributed by atoms with van der Waals surface area (Å²) in [7, 11) is -3.42. The first-order chi connectivity index (χ1) is 11.0. The number of rotatable bonds is 4. The number of benzene rings is 1. The third-order valence-corrected chi connectivity index (χ3v) is 4.83. The highest BCUT2D eigenvalue weighted by Gasteiger charge is 2.24.